The van der Waals surface area contributed by atoms with Crippen LogP contribution in [-0.2, 0) is 4.84 Å². The van der Waals surface area contributed by atoms with Crippen LogP contribution < -0.4 is 15.0 Å². The zero-order valence-corrected chi connectivity index (χ0v) is 8.64. The molecule has 0 fully saturated rings. The van der Waals surface area contributed by atoms with Gasteiger partial charge in [0.2, 0.25) is 0 Å². The summed E-state index contributed by atoms with van der Waals surface area (Å²) in [5, 5.41) is 0. The summed E-state index contributed by atoms with van der Waals surface area (Å²) in [6.45, 7) is 2.86. The van der Waals surface area contributed by atoms with Gasteiger partial charge in [0.1, 0.15) is 0 Å². The molecule has 0 unspecified atom stereocenters. The summed E-state index contributed by atoms with van der Waals surface area (Å²) in [6.07, 6.45) is 1.05. The Morgan fingerprint density at radius 1 is 1.60 bits per heavy atom. The number of rotatable bonds is 6. The van der Waals surface area contributed by atoms with Gasteiger partial charge in [0.05, 0.1) is 0 Å². The van der Waals surface area contributed by atoms with Crippen molar-refractivity contribution in [3.8, 4) is 0 Å². The first-order valence-corrected chi connectivity index (χ1v) is 7.94. The van der Waals surface area contributed by atoms with E-state index < -0.39 is 20.1 Å². The molecule has 0 amide bonds. The molecule has 0 aliphatic heterocycles. The van der Waals surface area contributed by atoms with Crippen LogP contribution in [0, 0.1) is 0 Å². The molecule has 0 aliphatic rings. The van der Waals surface area contributed by atoms with Crippen LogP contribution in [0.4, 0.5) is 0 Å². The Morgan fingerprint density at radius 2 is 2.30 bits per heavy atom. The molecule has 4 nitrogen and oxygen atoms in total. The van der Waals surface area contributed by atoms with Crippen molar-refractivity contribution in [1.29, 1.82) is 0 Å². The van der Waals surface area contributed by atoms with Crippen molar-refractivity contribution in [2.45, 2.75) is 13.3 Å². The zero-order valence-electron chi connectivity index (χ0n) is 6.48. The van der Waals surface area contributed by atoms with Crippen molar-refractivity contribution in [1.82, 2.24) is 9.12 Å². The number of alkyl halides is 2. The molecule has 0 rings (SSSR count). The number of hydrazine groups is 1. The van der Waals surface area contributed by atoms with Crippen LogP contribution in [0.25, 0.3) is 0 Å². The van der Waals surface area contributed by atoms with Crippen LogP contribution in [0.5, 0.6) is 0 Å². The quantitative estimate of drug-likeness (QED) is 0.123. The maximum atomic E-state index is 5.13. The van der Waals surface area contributed by atoms with Gasteiger partial charge in [0.25, 0.3) is 0 Å². The van der Waals surface area contributed by atoms with E-state index in [0.29, 0.717) is 0 Å². The molecule has 0 aliphatic carbocycles. The van der Waals surface area contributed by atoms with E-state index >= 15 is 0 Å². The van der Waals surface area contributed by atoms with E-state index in [1.54, 1.807) is 0 Å². The minimum absolute atomic E-state index is 0.784. The van der Waals surface area contributed by atoms with Crippen LogP contribution in [0.2, 0.25) is 0 Å². The van der Waals surface area contributed by atoms with Gasteiger partial charge in [-0.25, -0.2) is 0 Å². The monoisotopic (exact) mass is 261 g/mol. The van der Waals surface area contributed by atoms with E-state index in [-0.39, 0.29) is 0 Å². The molecule has 0 radical (unpaired) electrons. The van der Waals surface area contributed by atoms with Crippen molar-refractivity contribution in [2.24, 2.45) is 5.84 Å². The van der Waals surface area contributed by atoms with Gasteiger partial charge in [-0.1, -0.05) is 0 Å². The zero-order chi connectivity index (χ0) is 7.82. The molecule has 0 saturated carbocycles. The van der Waals surface area contributed by atoms with E-state index in [2.05, 4.69) is 21.0 Å². The van der Waals surface area contributed by atoms with Gasteiger partial charge in [-0.3, -0.25) is 0 Å². The van der Waals surface area contributed by atoms with Gasteiger partial charge < -0.3 is 0 Å². The number of nitrogens with two attached hydrogens (primary N) is 1. The third-order valence-electron chi connectivity index (χ3n) is 0.770. The molecule has 0 aromatic heterocycles. The summed E-state index contributed by atoms with van der Waals surface area (Å²) in [4.78, 5) is 7.27. The second-order valence-electron chi connectivity index (χ2n) is 1.85. The Labute approximate surface area is 69.5 Å². The number of halogens is 1. The standard InChI is InChI=1S/C5H16IN3O/c1-3-4-10-9-6(2)5-8-7/h8-9H,3-5,7H2,1-2H3. The predicted octanol–water partition coefficient (Wildman–Crippen LogP) is 0.390. The van der Waals surface area contributed by atoms with Crippen LogP contribution in [-0.4, -0.2) is 16.1 Å². The average Bonchev–Trinajstić information content (AvgIpc) is 1.89. The van der Waals surface area contributed by atoms with E-state index in [1.807, 2.05) is 0 Å². The molecule has 0 spiro atoms. The first kappa shape index (κ1) is 10.6. The van der Waals surface area contributed by atoms with Gasteiger partial charge in [-0.15, -0.1) is 0 Å². The van der Waals surface area contributed by atoms with E-state index in [4.69, 9.17) is 10.7 Å². The second-order valence-corrected chi connectivity index (χ2v) is 6.42. The van der Waals surface area contributed by atoms with Crippen LogP contribution in [0.1, 0.15) is 13.3 Å². The normalized spacial score (nSPS) is 11.7. The molecule has 5 heteroatoms. The summed E-state index contributed by atoms with van der Waals surface area (Å²) in [6, 6.07) is 0. The Balaban J connectivity index is 2.97. The van der Waals surface area contributed by atoms with Gasteiger partial charge in [0, 0.05) is 0 Å². The molecule has 4 N–H and O–H groups in total. The van der Waals surface area contributed by atoms with Crippen LogP contribution in [0.15, 0.2) is 0 Å². The van der Waals surface area contributed by atoms with Crippen molar-refractivity contribution in [2.75, 3.05) is 16.1 Å². The SMILES string of the molecule is CCCONI(C)CNN. The average molecular weight is 261 g/mol. The first-order chi connectivity index (χ1) is 4.81. The predicted molar refractivity (Wildman–Crippen MR) is 51.5 cm³/mol. The third-order valence-corrected chi connectivity index (χ3v) is 3.42. The fourth-order valence-electron chi connectivity index (χ4n) is 0.377. The maximum absolute atomic E-state index is 5.13. The number of hydrogen-bond acceptors (Lipinski definition) is 4. The molecule has 0 heterocycles. The van der Waals surface area contributed by atoms with Gasteiger partial charge >= 0.3 is 69.3 Å². The fraction of sp³-hybridized carbons (Fsp3) is 1.00. The molecule has 0 aromatic rings. The van der Waals surface area contributed by atoms with Crippen molar-refractivity contribution in [3.05, 3.63) is 0 Å². The topological polar surface area (TPSA) is 59.3 Å². The molecule has 10 heavy (non-hydrogen) atoms. The Hall–Kier alpha value is 0.570. The van der Waals surface area contributed by atoms with Gasteiger partial charge in [0.15, 0.2) is 0 Å². The van der Waals surface area contributed by atoms with Crippen molar-refractivity contribution < 1.29 is 4.84 Å². The third kappa shape index (κ3) is 6.69. The minimum atomic E-state index is -1.10. The van der Waals surface area contributed by atoms with E-state index in [0.717, 1.165) is 17.6 Å². The molecule has 0 bridgehead atoms. The Bertz CT molecular complexity index is 73.9. The first-order valence-electron chi connectivity index (χ1n) is 3.18. The summed E-state index contributed by atoms with van der Waals surface area (Å²) in [5.74, 6) is 5.13. The molecular weight excluding hydrogens is 245 g/mol. The summed E-state index contributed by atoms with van der Waals surface area (Å²) < 4.78 is 3.87. The molecule has 0 aromatic carbocycles. The molecular formula is C5H16IN3O. The Morgan fingerprint density at radius 3 is 2.80 bits per heavy atom. The summed E-state index contributed by atoms with van der Waals surface area (Å²) in [5.41, 5.74) is 2.62. The molecule has 0 atom stereocenters. The number of hydrogen-bond donors (Lipinski definition) is 3. The summed E-state index contributed by atoms with van der Waals surface area (Å²) in [7, 11) is 0. The summed E-state index contributed by atoms with van der Waals surface area (Å²) >= 11 is -1.10. The fourth-order valence-corrected chi connectivity index (χ4v) is 1.94. The number of nitrogens with one attached hydrogen (secondary N) is 2. The van der Waals surface area contributed by atoms with E-state index in [9.17, 15) is 0 Å². The van der Waals surface area contributed by atoms with Crippen molar-refractivity contribution in [3.63, 3.8) is 0 Å². The van der Waals surface area contributed by atoms with Gasteiger partial charge in [-0.2, -0.15) is 0 Å². The van der Waals surface area contributed by atoms with Gasteiger partial charge in [-0.05, 0) is 0 Å². The van der Waals surface area contributed by atoms with Crippen LogP contribution >= 0.6 is 20.1 Å². The van der Waals surface area contributed by atoms with E-state index in [1.165, 1.54) is 0 Å². The van der Waals surface area contributed by atoms with Crippen molar-refractivity contribution >= 4 is 20.1 Å². The molecule has 0 saturated heterocycles. The Kier molecular flexibility index (Phi) is 8.11. The van der Waals surface area contributed by atoms with Crippen LogP contribution in [0.3, 0.4) is 0 Å². The molecule has 64 valence electrons. The second kappa shape index (κ2) is 7.67.